The number of carbonyl (C=O) groups excluding carboxylic acids is 2. The quantitative estimate of drug-likeness (QED) is 0.803. The topological polar surface area (TPSA) is 75.4 Å². The van der Waals surface area contributed by atoms with Crippen LogP contribution in [0.25, 0.3) is 0 Å². The summed E-state index contributed by atoms with van der Waals surface area (Å²) < 4.78 is 0. The van der Waals surface area contributed by atoms with Crippen LogP contribution in [0.4, 0.5) is 0 Å². The first-order valence-corrected chi connectivity index (χ1v) is 7.89. The number of carbonyl (C=O) groups is 2. The van der Waals surface area contributed by atoms with E-state index in [-0.39, 0.29) is 23.8 Å². The fraction of sp³-hybridized carbons (Fsp3) is 0.867. The summed E-state index contributed by atoms with van der Waals surface area (Å²) >= 11 is 0. The van der Waals surface area contributed by atoms with Crippen LogP contribution in [-0.4, -0.2) is 42.4 Å². The second-order valence-electron chi connectivity index (χ2n) is 6.28. The molecule has 0 aromatic carbocycles. The van der Waals surface area contributed by atoms with E-state index >= 15 is 0 Å². The lowest BCUT2D eigenvalue weighted by Crippen LogP contribution is -2.42. The molecular formula is C15H27N3O2. The van der Waals surface area contributed by atoms with Gasteiger partial charge in [0, 0.05) is 38.0 Å². The number of amides is 2. The van der Waals surface area contributed by atoms with Crippen molar-refractivity contribution in [2.75, 3.05) is 19.6 Å². The van der Waals surface area contributed by atoms with Gasteiger partial charge in [-0.3, -0.25) is 9.59 Å². The maximum absolute atomic E-state index is 12.1. The van der Waals surface area contributed by atoms with E-state index in [4.69, 9.17) is 5.73 Å². The van der Waals surface area contributed by atoms with Crippen molar-refractivity contribution >= 4 is 11.8 Å². The maximum atomic E-state index is 12.1. The Morgan fingerprint density at radius 2 is 1.95 bits per heavy atom. The molecule has 5 nitrogen and oxygen atoms in total. The Kier molecular flexibility index (Phi) is 5.40. The zero-order chi connectivity index (χ0) is 14.5. The Bertz CT molecular complexity index is 353. The van der Waals surface area contributed by atoms with Gasteiger partial charge < -0.3 is 16.0 Å². The first-order valence-electron chi connectivity index (χ1n) is 7.89. The molecule has 2 aliphatic rings. The van der Waals surface area contributed by atoms with Crippen molar-refractivity contribution in [2.45, 2.75) is 51.5 Å². The molecular weight excluding hydrogens is 254 g/mol. The smallest absolute Gasteiger partial charge is 0.224 e. The monoisotopic (exact) mass is 281 g/mol. The predicted octanol–water partition coefficient (Wildman–Crippen LogP) is 0.879. The van der Waals surface area contributed by atoms with Crippen molar-refractivity contribution in [1.82, 2.24) is 10.2 Å². The highest BCUT2D eigenvalue weighted by Crippen LogP contribution is 2.27. The summed E-state index contributed by atoms with van der Waals surface area (Å²) in [6, 6.07) is 0.130. The number of nitrogens with one attached hydrogen (secondary N) is 1. The van der Waals surface area contributed by atoms with E-state index in [0.29, 0.717) is 18.9 Å². The van der Waals surface area contributed by atoms with Gasteiger partial charge in [-0.15, -0.1) is 0 Å². The fourth-order valence-electron chi connectivity index (χ4n) is 3.16. The Morgan fingerprint density at radius 1 is 1.25 bits per heavy atom. The molecule has 1 saturated heterocycles. The molecule has 1 aliphatic heterocycles. The van der Waals surface area contributed by atoms with Crippen LogP contribution in [0.5, 0.6) is 0 Å². The summed E-state index contributed by atoms with van der Waals surface area (Å²) in [6.07, 6.45) is 5.34. The van der Waals surface area contributed by atoms with Gasteiger partial charge in [-0.2, -0.15) is 0 Å². The molecule has 5 heteroatoms. The van der Waals surface area contributed by atoms with Gasteiger partial charge in [0.05, 0.1) is 0 Å². The van der Waals surface area contributed by atoms with Crippen molar-refractivity contribution in [1.29, 1.82) is 0 Å². The van der Waals surface area contributed by atoms with Gasteiger partial charge in [-0.25, -0.2) is 0 Å². The normalized spacial score (nSPS) is 30.3. The molecule has 2 rings (SSSR count). The van der Waals surface area contributed by atoms with E-state index in [1.54, 1.807) is 0 Å². The summed E-state index contributed by atoms with van der Waals surface area (Å²) in [4.78, 5) is 25.8. The Hall–Kier alpha value is -1.10. The van der Waals surface area contributed by atoms with E-state index in [9.17, 15) is 9.59 Å². The van der Waals surface area contributed by atoms with Crippen LogP contribution in [0.3, 0.4) is 0 Å². The zero-order valence-corrected chi connectivity index (χ0v) is 12.4. The van der Waals surface area contributed by atoms with E-state index in [1.165, 1.54) is 0 Å². The Labute approximate surface area is 121 Å². The highest BCUT2D eigenvalue weighted by atomic mass is 16.2. The summed E-state index contributed by atoms with van der Waals surface area (Å²) in [6.45, 7) is 4.35. The summed E-state index contributed by atoms with van der Waals surface area (Å²) in [7, 11) is 0. The summed E-state index contributed by atoms with van der Waals surface area (Å²) in [5.41, 5.74) is 6.03. The van der Waals surface area contributed by atoms with Crippen LogP contribution in [0.15, 0.2) is 0 Å². The van der Waals surface area contributed by atoms with Crippen molar-refractivity contribution in [3.8, 4) is 0 Å². The fourth-order valence-corrected chi connectivity index (χ4v) is 3.16. The third kappa shape index (κ3) is 3.95. The largest absolute Gasteiger partial charge is 0.355 e. The minimum absolute atomic E-state index is 0.0306. The SMILES string of the molecule is CC1CCC(C(=O)NCCC(=O)N2CCCC2)CC1N. The molecule has 2 amide bonds. The lowest BCUT2D eigenvalue weighted by atomic mass is 9.79. The van der Waals surface area contributed by atoms with Gasteiger partial charge in [0.15, 0.2) is 0 Å². The minimum Gasteiger partial charge on any atom is -0.355 e. The number of hydrogen-bond acceptors (Lipinski definition) is 3. The van der Waals surface area contributed by atoms with Crippen molar-refractivity contribution in [3.63, 3.8) is 0 Å². The second kappa shape index (κ2) is 7.07. The van der Waals surface area contributed by atoms with Gasteiger partial charge in [0.2, 0.25) is 11.8 Å². The van der Waals surface area contributed by atoms with Crippen molar-refractivity contribution in [3.05, 3.63) is 0 Å². The molecule has 2 fully saturated rings. The van der Waals surface area contributed by atoms with Crippen LogP contribution in [0.1, 0.15) is 45.4 Å². The molecule has 3 unspecified atom stereocenters. The molecule has 1 heterocycles. The summed E-state index contributed by atoms with van der Waals surface area (Å²) in [5, 5.41) is 2.90. The molecule has 0 radical (unpaired) electrons. The third-order valence-electron chi connectivity index (χ3n) is 4.73. The molecule has 0 aromatic rings. The number of nitrogens with zero attached hydrogens (tertiary/aromatic N) is 1. The van der Waals surface area contributed by atoms with Gasteiger partial charge in [-0.1, -0.05) is 6.92 Å². The van der Waals surface area contributed by atoms with Crippen LogP contribution >= 0.6 is 0 Å². The van der Waals surface area contributed by atoms with E-state index in [2.05, 4.69) is 12.2 Å². The van der Waals surface area contributed by atoms with Gasteiger partial charge in [0.25, 0.3) is 0 Å². The Balaban J connectivity index is 1.66. The average Bonchev–Trinajstić information content (AvgIpc) is 2.95. The predicted molar refractivity (Wildman–Crippen MR) is 77.9 cm³/mol. The first kappa shape index (κ1) is 15.3. The minimum atomic E-state index is 0.0306. The van der Waals surface area contributed by atoms with Crippen LogP contribution in [0, 0.1) is 11.8 Å². The maximum Gasteiger partial charge on any atom is 0.224 e. The van der Waals surface area contributed by atoms with Crippen LogP contribution in [0.2, 0.25) is 0 Å². The third-order valence-corrected chi connectivity index (χ3v) is 4.73. The molecule has 3 atom stereocenters. The molecule has 20 heavy (non-hydrogen) atoms. The molecule has 1 saturated carbocycles. The van der Waals surface area contributed by atoms with Crippen LogP contribution in [-0.2, 0) is 9.59 Å². The lowest BCUT2D eigenvalue weighted by molar-refractivity contribution is -0.130. The van der Waals surface area contributed by atoms with Gasteiger partial charge in [-0.05, 0) is 38.0 Å². The number of hydrogen-bond donors (Lipinski definition) is 2. The number of likely N-dealkylation sites (tertiary alicyclic amines) is 1. The van der Waals surface area contributed by atoms with E-state index in [1.807, 2.05) is 4.90 Å². The second-order valence-corrected chi connectivity index (χ2v) is 6.28. The van der Waals surface area contributed by atoms with Crippen molar-refractivity contribution in [2.24, 2.45) is 17.6 Å². The lowest BCUT2D eigenvalue weighted by Gasteiger charge is -2.31. The molecule has 3 N–H and O–H groups in total. The van der Waals surface area contributed by atoms with Gasteiger partial charge >= 0.3 is 0 Å². The highest BCUT2D eigenvalue weighted by Gasteiger charge is 2.29. The number of rotatable bonds is 4. The molecule has 0 aromatic heterocycles. The number of nitrogens with two attached hydrogens (primary N) is 1. The molecule has 0 spiro atoms. The first-order chi connectivity index (χ1) is 9.58. The Morgan fingerprint density at radius 3 is 2.60 bits per heavy atom. The van der Waals surface area contributed by atoms with Gasteiger partial charge in [0.1, 0.15) is 0 Å². The molecule has 0 bridgehead atoms. The van der Waals surface area contributed by atoms with E-state index < -0.39 is 0 Å². The van der Waals surface area contributed by atoms with Crippen molar-refractivity contribution < 1.29 is 9.59 Å². The molecule has 114 valence electrons. The van der Waals surface area contributed by atoms with Crippen LogP contribution < -0.4 is 11.1 Å². The molecule has 1 aliphatic carbocycles. The standard InChI is InChI=1S/C15H27N3O2/c1-11-4-5-12(10-13(11)16)15(20)17-7-6-14(19)18-8-2-3-9-18/h11-13H,2-10,16H2,1H3,(H,17,20). The summed E-state index contributed by atoms with van der Waals surface area (Å²) in [5.74, 6) is 0.775. The zero-order valence-electron chi connectivity index (χ0n) is 12.4. The highest BCUT2D eigenvalue weighted by molar-refractivity contribution is 5.80. The van der Waals surface area contributed by atoms with E-state index in [0.717, 1.165) is 45.2 Å². The average molecular weight is 281 g/mol.